The summed E-state index contributed by atoms with van der Waals surface area (Å²) in [5.41, 5.74) is 9.20. The van der Waals surface area contributed by atoms with Gasteiger partial charge in [-0.2, -0.15) is 0 Å². The van der Waals surface area contributed by atoms with E-state index in [-0.39, 0.29) is 43.2 Å². The molecule has 3 rings (SSSR count). The Morgan fingerprint density at radius 1 is 1.00 bits per heavy atom. The molecule has 1 amide bonds. The summed E-state index contributed by atoms with van der Waals surface area (Å²) in [5, 5.41) is 3.04. The summed E-state index contributed by atoms with van der Waals surface area (Å²) in [6.07, 6.45) is 2.81. The number of benzene rings is 2. The summed E-state index contributed by atoms with van der Waals surface area (Å²) >= 11 is 0. The molecule has 1 aliphatic heterocycles. The maximum absolute atomic E-state index is 12.4. The van der Waals surface area contributed by atoms with E-state index >= 15 is 0 Å². The summed E-state index contributed by atoms with van der Waals surface area (Å²) < 4.78 is 0. The van der Waals surface area contributed by atoms with Gasteiger partial charge >= 0.3 is 0 Å². The third kappa shape index (κ3) is 6.29. The van der Waals surface area contributed by atoms with Crippen LogP contribution in [0.1, 0.15) is 36.4 Å². The molecule has 2 aromatic carbocycles. The molecule has 1 heterocycles. The van der Waals surface area contributed by atoms with Gasteiger partial charge in [0.15, 0.2) is 0 Å². The molecule has 0 spiro atoms. The average Bonchev–Trinajstić information content (AvgIpc) is 3.10. The van der Waals surface area contributed by atoms with Crippen molar-refractivity contribution in [3.63, 3.8) is 0 Å². The lowest BCUT2D eigenvalue weighted by Gasteiger charge is -2.18. The Hall–Kier alpha value is -1.59. The van der Waals surface area contributed by atoms with Crippen LogP contribution in [0.4, 0.5) is 5.69 Å². The van der Waals surface area contributed by atoms with Crippen molar-refractivity contribution in [1.29, 1.82) is 0 Å². The molecule has 0 saturated carbocycles. The lowest BCUT2D eigenvalue weighted by molar-refractivity contribution is -0.116. The standard InChI is InChI=1S/C20H25N3O.2ClH/c21-18(16-8-2-1-3-9-16)14-20(24)22-19-11-5-4-10-17(19)15-23-12-6-7-13-23;;/h1-5,8-11,18H,6-7,12-15,21H2,(H,22,24);2*1H. The second-order valence-corrected chi connectivity index (χ2v) is 6.41. The second-order valence-electron chi connectivity index (χ2n) is 6.41. The fourth-order valence-corrected chi connectivity index (χ4v) is 3.18. The van der Waals surface area contributed by atoms with E-state index in [2.05, 4.69) is 16.3 Å². The maximum Gasteiger partial charge on any atom is 0.226 e. The highest BCUT2D eigenvalue weighted by molar-refractivity contribution is 5.92. The number of rotatable bonds is 6. The molecular formula is C20H27Cl2N3O. The topological polar surface area (TPSA) is 58.4 Å². The van der Waals surface area contributed by atoms with Crippen molar-refractivity contribution in [2.75, 3.05) is 18.4 Å². The minimum absolute atomic E-state index is 0. The molecule has 142 valence electrons. The van der Waals surface area contributed by atoms with Crippen molar-refractivity contribution < 1.29 is 4.79 Å². The van der Waals surface area contributed by atoms with Crippen LogP contribution in [-0.4, -0.2) is 23.9 Å². The van der Waals surface area contributed by atoms with Crippen molar-refractivity contribution in [2.45, 2.75) is 31.8 Å². The number of carbonyl (C=O) groups excluding carboxylic acids is 1. The van der Waals surface area contributed by atoms with Crippen LogP contribution in [0, 0.1) is 0 Å². The first kappa shape index (κ1) is 22.5. The molecule has 26 heavy (non-hydrogen) atoms. The van der Waals surface area contributed by atoms with Crippen molar-refractivity contribution >= 4 is 36.4 Å². The Bertz CT molecular complexity index is 676. The highest BCUT2D eigenvalue weighted by Crippen LogP contribution is 2.21. The number of amides is 1. The predicted octanol–water partition coefficient (Wildman–Crippen LogP) is 4.15. The number of nitrogens with one attached hydrogen (secondary N) is 1. The van der Waals surface area contributed by atoms with E-state index in [4.69, 9.17) is 5.73 Å². The van der Waals surface area contributed by atoms with Gasteiger partial charge in [-0.25, -0.2) is 0 Å². The highest BCUT2D eigenvalue weighted by Gasteiger charge is 2.16. The third-order valence-electron chi connectivity index (χ3n) is 4.52. The summed E-state index contributed by atoms with van der Waals surface area (Å²) in [6, 6.07) is 17.5. The van der Waals surface area contributed by atoms with Crippen LogP contribution in [0.15, 0.2) is 54.6 Å². The van der Waals surface area contributed by atoms with Gasteiger partial charge in [0.2, 0.25) is 5.91 Å². The van der Waals surface area contributed by atoms with Crippen molar-refractivity contribution in [3.8, 4) is 0 Å². The van der Waals surface area contributed by atoms with Crippen LogP contribution < -0.4 is 11.1 Å². The lowest BCUT2D eigenvalue weighted by atomic mass is 10.0. The Kier molecular flexibility index (Phi) is 9.66. The van der Waals surface area contributed by atoms with Gasteiger partial charge in [-0.05, 0) is 43.1 Å². The Morgan fingerprint density at radius 3 is 2.31 bits per heavy atom. The van der Waals surface area contributed by atoms with Crippen molar-refractivity contribution in [3.05, 3.63) is 65.7 Å². The SMILES string of the molecule is Cl.Cl.NC(CC(=O)Nc1ccccc1CN1CCCC1)c1ccccc1. The number of nitrogens with two attached hydrogens (primary N) is 1. The van der Waals surface area contributed by atoms with Gasteiger partial charge in [0.1, 0.15) is 0 Å². The molecule has 3 N–H and O–H groups in total. The molecule has 1 unspecified atom stereocenters. The zero-order chi connectivity index (χ0) is 16.8. The lowest BCUT2D eigenvalue weighted by Crippen LogP contribution is -2.23. The van der Waals surface area contributed by atoms with Gasteiger partial charge in [0, 0.05) is 24.7 Å². The van der Waals surface area contributed by atoms with Gasteiger partial charge in [0.05, 0.1) is 0 Å². The van der Waals surface area contributed by atoms with Gasteiger partial charge in [-0.1, -0.05) is 48.5 Å². The second kappa shape index (κ2) is 11.2. The van der Waals surface area contributed by atoms with Crippen LogP contribution in [0.2, 0.25) is 0 Å². The van der Waals surface area contributed by atoms with E-state index in [1.165, 1.54) is 18.4 Å². The minimum atomic E-state index is -0.281. The number of likely N-dealkylation sites (tertiary alicyclic amines) is 1. The molecule has 4 nitrogen and oxygen atoms in total. The fourth-order valence-electron chi connectivity index (χ4n) is 3.18. The number of carbonyl (C=O) groups is 1. The molecule has 1 aliphatic rings. The fraction of sp³-hybridized carbons (Fsp3) is 0.350. The first-order valence-electron chi connectivity index (χ1n) is 8.63. The summed E-state index contributed by atoms with van der Waals surface area (Å²) in [7, 11) is 0. The summed E-state index contributed by atoms with van der Waals surface area (Å²) in [6.45, 7) is 3.17. The highest BCUT2D eigenvalue weighted by atomic mass is 35.5. The molecule has 0 radical (unpaired) electrons. The minimum Gasteiger partial charge on any atom is -0.326 e. The number of anilines is 1. The average molecular weight is 396 g/mol. The van der Waals surface area contributed by atoms with E-state index in [0.29, 0.717) is 0 Å². The van der Waals surface area contributed by atoms with Crippen LogP contribution >= 0.6 is 24.8 Å². The quantitative estimate of drug-likeness (QED) is 0.771. The van der Waals surface area contributed by atoms with E-state index in [1.807, 2.05) is 48.5 Å². The zero-order valence-corrected chi connectivity index (χ0v) is 16.4. The van der Waals surface area contributed by atoms with Crippen LogP contribution in [0.25, 0.3) is 0 Å². The van der Waals surface area contributed by atoms with E-state index in [1.54, 1.807) is 0 Å². The molecule has 6 heteroatoms. The third-order valence-corrected chi connectivity index (χ3v) is 4.52. The largest absolute Gasteiger partial charge is 0.326 e. The summed E-state index contributed by atoms with van der Waals surface area (Å²) in [5.74, 6) is -0.0415. The van der Waals surface area contributed by atoms with Gasteiger partial charge in [-0.15, -0.1) is 24.8 Å². The molecule has 0 aromatic heterocycles. The number of halogens is 2. The van der Waals surface area contributed by atoms with E-state index in [9.17, 15) is 4.79 Å². The number of hydrogen-bond acceptors (Lipinski definition) is 3. The van der Waals surface area contributed by atoms with Gasteiger partial charge in [0.25, 0.3) is 0 Å². The number of nitrogens with zero attached hydrogens (tertiary/aromatic N) is 1. The van der Waals surface area contributed by atoms with Crippen LogP contribution in [0.3, 0.4) is 0 Å². The maximum atomic E-state index is 12.4. The van der Waals surface area contributed by atoms with Gasteiger partial charge in [-0.3, -0.25) is 9.69 Å². The molecule has 1 saturated heterocycles. The van der Waals surface area contributed by atoms with Crippen molar-refractivity contribution in [2.24, 2.45) is 5.73 Å². The predicted molar refractivity (Wildman–Crippen MR) is 112 cm³/mol. The molecule has 1 fully saturated rings. The smallest absolute Gasteiger partial charge is 0.226 e. The molecule has 1 atom stereocenters. The molecule has 2 aromatic rings. The number of hydrogen-bond donors (Lipinski definition) is 2. The number of para-hydroxylation sites is 1. The Labute approximate surface area is 168 Å². The molecule has 0 bridgehead atoms. The normalized spacial score (nSPS) is 14.8. The van der Waals surface area contributed by atoms with Gasteiger partial charge < -0.3 is 11.1 Å². The zero-order valence-electron chi connectivity index (χ0n) is 14.8. The van der Waals surface area contributed by atoms with Crippen LogP contribution in [0.5, 0.6) is 0 Å². The van der Waals surface area contributed by atoms with E-state index in [0.717, 1.165) is 30.9 Å². The van der Waals surface area contributed by atoms with Crippen LogP contribution in [-0.2, 0) is 11.3 Å². The van der Waals surface area contributed by atoms with E-state index < -0.39 is 0 Å². The Morgan fingerprint density at radius 2 is 1.62 bits per heavy atom. The first-order chi connectivity index (χ1) is 11.7. The molecule has 0 aliphatic carbocycles. The molecular weight excluding hydrogens is 369 g/mol. The first-order valence-corrected chi connectivity index (χ1v) is 8.63. The Balaban J connectivity index is 0.00000169. The monoisotopic (exact) mass is 395 g/mol. The summed E-state index contributed by atoms with van der Waals surface area (Å²) in [4.78, 5) is 14.8. The van der Waals surface area contributed by atoms with Crippen molar-refractivity contribution in [1.82, 2.24) is 4.90 Å².